The molecule has 30 heavy (non-hydrogen) atoms. The molecule has 1 amide bonds. The molecule has 0 aliphatic rings. The highest BCUT2D eigenvalue weighted by atomic mass is 35.5. The van der Waals surface area contributed by atoms with Crippen molar-refractivity contribution in [1.29, 1.82) is 0 Å². The van der Waals surface area contributed by atoms with Crippen LogP contribution in [0.15, 0.2) is 51.7 Å². The fourth-order valence-electron chi connectivity index (χ4n) is 2.47. The number of carbonyl (C=O) groups excluding carboxylic acids is 2. The summed E-state index contributed by atoms with van der Waals surface area (Å²) in [4.78, 5) is 24.9. The number of allylic oxidation sites excluding steroid dienone is 1. The van der Waals surface area contributed by atoms with Crippen molar-refractivity contribution in [3.05, 3.63) is 58.7 Å². The van der Waals surface area contributed by atoms with E-state index in [1.807, 2.05) is 20.8 Å². The van der Waals surface area contributed by atoms with Crippen molar-refractivity contribution >= 4 is 40.0 Å². The van der Waals surface area contributed by atoms with Crippen LogP contribution >= 0.6 is 11.6 Å². The molecule has 0 spiro atoms. The van der Waals surface area contributed by atoms with Gasteiger partial charge in [0, 0.05) is 17.9 Å². The average molecular weight is 453 g/mol. The lowest BCUT2D eigenvalue weighted by molar-refractivity contribution is -0.117. The van der Waals surface area contributed by atoms with Gasteiger partial charge >= 0.3 is 5.97 Å². The Morgan fingerprint density at radius 2 is 2.00 bits per heavy atom. The molecule has 1 heterocycles. The molecule has 2 rings (SSSR count). The van der Waals surface area contributed by atoms with Gasteiger partial charge in [-0.15, -0.1) is 0 Å². The Balaban J connectivity index is 2.23. The zero-order chi connectivity index (χ0) is 22.5. The summed E-state index contributed by atoms with van der Waals surface area (Å²) >= 11 is 6.35. The molecule has 0 saturated carbocycles. The normalized spacial score (nSPS) is 12.9. The quantitative estimate of drug-likeness (QED) is 0.370. The van der Waals surface area contributed by atoms with Gasteiger partial charge in [0.2, 0.25) is 5.91 Å². The number of amides is 1. The Morgan fingerprint density at radius 1 is 1.30 bits per heavy atom. The van der Waals surface area contributed by atoms with Gasteiger partial charge in [0.15, 0.2) is 0 Å². The van der Waals surface area contributed by atoms with Crippen molar-refractivity contribution in [3.8, 4) is 0 Å². The fraction of sp³-hybridized carbons (Fsp3) is 0.333. The van der Waals surface area contributed by atoms with Crippen LogP contribution in [0.25, 0.3) is 0 Å². The van der Waals surface area contributed by atoms with Crippen LogP contribution in [0, 0.1) is 0 Å². The van der Waals surface area contributed by atoms with Crippen LogP contribution in [0.3, 0.4) is 0 Å². The average Bonchev–Trinajstić information content (AvgIpc) is 3.11. The van der Waals surface area contributed by atoms with Gasteiger partial charge in [-0.1, -0.05) is 11.6 Å². The van der Waals surface area contributed by atoms with Gasteiger partial charge in [-0.3, -0.25) is 9.00 Å². The SMILES string of the molecule is C/C(=C/C(=O)NC(C)(C)C)OC(=O)c1cc(NCc2ccco2)c(Cl)c(S(C)=O)c1. The number of hydrogen-bond acceptors (Lipinski definition) is 6. The second kappa shape index (κ2) is 9.95. The lowest BCUT2D eigenvalue weighted by Crippen LogP contribution is -2.39. The van der Waals surface area contributed by atoms with Gasteiger partial charge in [-0.05, 0) is 52.0 Å². The molecule has 0 radical (unpaired) electrons. The molecule has 1 aromatic carbocycles. The number of benzene rings is 1. The number of carbonyl (C=O) groups is 2. The number of halogens is 1. The van der Waals surface area contributed by atoms with E-state index in [-0.39, 0.29) is 22.3 Å². The van der Waals surface area contributed by atoms with Crippen LogP contribution < -0.4 is 10.6 Å². The van der Waals surface area contributed by atoms with Crippen LogP contribution in [0.5, 0.6) is 0 Å². The minimum atomic E-state index is -1.43. The molecule has 162 valence electrons. The fourth-order valence-corrected chi connectivity index (χ4v) is 3.63. The first-order valence-corrected chi connectivity index (χ1v) is 11.1. The largest absolute Gasteiger partial charge is 0.467 e. The summed E-state index contributed by atoms with van der Waals surface area (Å²) in [5.41, 5.74) is 0.151. The van der Waals surface area contributed by atoms with Crippen LogP contribution in [0.4, 0.5) is 5.69 Å². The highest BCUT2D eigenvalue weighted by Crippen LogP contribution is 2.31. The predicted octanol–water partition coefficient (Wildman–Crippen LogP) is 4.26. The van der Waals surface area contributed by atoms with E-state index in [4.69, 9.17) is 20.8 Å². The maximum atomic E-state index is 12.6. The first-order chi connectivity index (χ1) is 14.0. The minimum Gasteiger partial charge on any atom is -0.467 e. The summed E-state index contributed by atoms with van der Waals surface area (Å²) in [6.07, 6.45) is 4.21. The molecule has 2 aromatic rings. The molecule has 2 N–H and O–H groups in total. The minimum absolute atomic E-state index is 0.126. The molecule has 0 aliphatic heterocycles. The molecule has 1 atom stereocenters. The van der Waals surface area contributed by atoms with Crippen molar-refractivity contribution in [2.45, 2.75) is 44.7 Å². The first kappa shape index (κ1) is 23.7. The predicted molar refractivity (Wildman–Crippen MR) is 117 cm³/mol. The molecule has 9 heteroatoms. The molecule has 0 aliphatic carbocycles. The van der Waals surface area contributed by atoms with Gasteiger partial charge < -0.3 is 19.8 Å². The van der Waals surface area contributed by atoms with Crippen LogP contribution in [-0.2, 0) is 26.9 Å². The van der Waals surface area contributed by atoms with Crippen LogP contribution in [-0.4, -0.2) is 27.9 Å². The van der Waals surface area contributed by atoms with Crippen molar-refractivity contribution < 1.29 is 23.0 Å². The maximum Gasteiger partial charge on any atom is 0.343 e. The van der Waals surface area contributed by atoms with Gasteiger partial charge in [0.25, 0.3) is 0 Å². The van der Waals surface area contributed by atoms with Crippen LogP contribution in [0.2, 0.25) is 5.02 Å². The topological polar surface area (TPSA) is 97.6 Å². The number of ether oxygens (including phenoxy) is 1. The Labute approximate surface area is 183 Å². The van der Waals surface area contributed by atoms with E-state index in [9.17, 15) is 13.8 Å². The number of hydrogen-bond donors (Lipinski definition) is 2. The van der Waals surface area contributed by atoms with E-state index in [0.29, 0.717) is 22.9 Å². The molecule has 7 nitrogen and oxygen atoms in total. The van der Waals surface area contributed by atoms with E-state index in [2.05, 4.69) is 10.6 Å². The summed E-state index contributed by atoms with van der Waals surface area (Å²) < 4.78 is 22.6. The number of esters is 1. The Hall–Kier alpha value is -2.58. The van der Waals surface area contributed by atoms with E-state index in [1.54, 1.807) is 18.4 Å². The second-order valence-corrected chi connectivity index (χ2v) is 9.33. The summed E-state index contributed by atoms with van der Waals surface area (Å²) in [5.74, 6) is -0.278. The van der Waals surface area contributed by atoms with Crippen molar-refractivity contribution in [2.75, 3.05) is 11.6 Å². The smallest absolute Gasteiger partial charge is 0.343 e. The number of nitrogens with one attached hydrogen (secondary N) is 2. The van der Waals surface area contributed by atoms with Gasteiger partial charge in [0.05, 0.1) is 44.8 Å². The highest BCUT2D eigenvalue weighted by molar-refractivity contribution is 7.84. The number of anilines is 1. The summed E-state index contributed by atoms with van der Waals surface area (Å²) in [6, 6.07) is 6.46. The van der Waals surface area contributed by atoms with Crippen molar-refractivity contribution in [2.24, 2.45) is 0 Å². The summed E-state index contributed by atoms with van der Waals surface area (Å²) in [7, 11) is -1.43. The molecule has 0 saturated heterocycles. The lowest BCUT2D eigenvalue weighted by atomic mass is 10.1. The Bertz CT molecular complexity index is 978. The highest BCUT2D eigenvalue weighted by Gasteiger charge is 2.18. The summed E-state index contributed by atoms with van der Waals surface area (Å²) in [5, 5.41) is 6.07. The molecule has 0 bridgehead atoms. The molecule has 1 aromatic heterocycles. The Kier molecular flexibility index (Phi) is 7.86. The van der Waals surface area contributed by atoms with E-state index >= 15 is 0 Å². The molecular formula is C21H25ClN2O5S. The molecule has 0 fully saturated rings. The van der Waals surface area contributed by atoms with Crippen LogP contribution in [0.1, 0.15) is 43.8 Å². The van der Waals surface area contributed by atoms with E-state index < -0.39 is 22.3 Å². The lowest BCUT2D eigenvalue weighted by Gasteiger charge is -2.19. The monoisotopic (exact) mass is 452 g/mol. The molecule has 1 unspecified atom stereocenters. The standard InChI is InChI=1S/C21H25ClN2O5S/c1-13(9-18(25)24-21(2,3)4)29-20(26)14-10-16(19(22)17(11-14)30(5)27)23-12-15-7-6-8-28-15/h6-11,23H,12H2,1-5H3,(H,24,25)/b13-9-. The van der Waals surface area contributed by atoms with Gasteiger partial charge in [-0.2, -0.15) is 0 Å². The third-order valence-electron chi connectivity index (χ3n) is 3.70. The molecular weight excluding hydrogens is 428 g/mol. The number of furan rings is 1. The third-order valence-corrected chi connectivity index (χ3v) is 5.16. The van der Waals surface area contributed by atoms with Crippen molar-refractivity contribution in [3.63, 3.8) is 0 Å². The number of rotatable bonds is 7. The second-order valence-electron chi connectivity index (χ2n) is 7.61. The zero-order valence-corrected chi connectivity index (χ0v) is 19.1. The van der Waals surface area contributed by atoms with E-state index in [1.165, 1.54) is 31.4 Å². The van der Waals surface area contributed by atoms with Gasteiger partial charge in [0.1, 0.15) is 11.5 Å². The van der Waals surface area contributed by atoms with Gasteiger partial charge in [-0.25, -0.2) is 4.79 Å². The van der Waals surface area contributed by atoms with Crippen molar-refractivity contribution in [1.82, 2.24) is 5.32 Å². The summed E-state index contributed by atoms with van der Waals surface area (Å²) in [6.45, 7) is 7.37. The third kappa shape index (κ3) is 7.03. The van der Waals surface area contributed by atoms with E-state index in [0.717, 1.165) is 0 Å². The maximum absolute atomic E-state index is 12.6. The first-order valence-electron chi connectivity index (χ1n) is 9.12. The zero-order valence-electron chi connectivity index (χ0n) is 17.5. The Morgan fingerprint density at radius 3 is 2.57 bits per heavy atom.